The lowest BCUT2D eigenvalue weighted by Crippen LogP contribution is -2.46. The first-order chi connectivity index (χ1) is 18.4. The molecule has 0 aliphatic carbocycles. The topological polar surface area (TPSA) is 176 Å². The number of primary amides is 1. The fourth-order valence-corrected chi connectivity index (χ4v) is 4.84. The maximum Gasteiger partial charge on any atom is 0.304 e. The van der Waals surface area contributed by atoms with Gasteiger partial charge in [0.1, 0.15) is 17.5 Å². The summed E-state index contributed by atoms with van der Waals surface area (Å²) in [6.45, 7) is 5.05. The van der Waals surface area contributed by atoms with Crippen LogP contribution in [-0.2, 0) is 4.79 Å². The second kappa shape index (κ2) is 12.2. The largest absolute Gasteiger partial charge is 0.481 e. The van der Waals surface area contributed by atoms with Crippen LogP contribution in [-0.4, -0.2) is 77.7 Å². The third kappa shape index (κ3) is 6.47. The zero-order chi connectivity index (χ0) is 27.1. The Kier molecular flexibility index (Phi) is 8.56. The molecule has 2 saturated heterocycles. The number of nitrogens with zero attached hydrogens (tertiary/aromatic N) is 7. The van der Waals surface area contributed by atoms with E-state index in [9.17, 15) is 14.9 Å². The molecule has 1 aromatic carbocycles. The van der Waals surface area contributed by atoms with Crippen molar-refractivity contribution >= 4 is 35.0 Å². The highest BCUT2D eigenvalue weighted by atomic mass is 16.4. The predicted molar refractivity (Wildman–Crippen MR) is 141 cm³/mol. The zero-order valence-electron chi connectivity index (χ0n) is 21.1. The normalized spacial score (nSPS) is 16.5. The number of hydrogen-bond acceptors (Lipinski definition) is 10. The molecule has 0 spiro atoms. The Hall–Kier alpha value is -4.42. The number of anilines is 4. The van der Waals surface area contributed by atoms with Gasteiger partial charge in [-0.15, -0.1) is 0 Å². The molecule has 12 heteroatoms. The number of hydrogen-bond donors (Lipinski definition) is 3. The van der Waals surface area contributed by atoms with Crippen molar-refractivity contribution in [1.82, 2.24) is 14.9 Å². The van der Waals surface area contributed by atoms with Crippen molar-refractivity contribution in [3.8, 4) is 12.1 Å². The number of nitriles is 2. The Morgan fingerprint density at radius 1 is 1.03 bits per heavy atom. The standard InChI is InChI=1S/C26H31N9O3/c27-9-5-18-6-11-35(12-7-18)26-31-21(17-28)23(24(29)38)25(32-26)30-19-1-3-20(4-2-19)34-15-13-33(14-16-34)10-8-22(36)37/h1-4,18H,5-8,10-16H2,(H2,29,38)(H,36,37)(H,30,31,32). The molecule has 0 bridgehead atoms. The quantitative estimate of drug-likeness (QED) is 0.443. The van der Waals surface area contributed by atoms with E-state index in [4.69, 9.17) is 16.1 Å². The predicted octanol–water partition coefficient (Wildman–Crippen LogP) is 1.92. The highest BCUT2D eigenvalue weighted by Gasteiger charge is 2.25. The highest BCUT2D eigenvalue weighted by Crippen LogP contribution is 2.28. The summed E-state index contributed by atoms with van der Waals surface area (Å²) in [4.78, 5) is 38.3. The number of carbonyl (C=O) groups is 2. The number of aromatic nitrogens is 2. The molecule has 4 rings (SSSR count). The summed E-state index contributed by atoms with van der Waals surface area (Å²) in [5, 5.41) is 30.7. The summed E-state index contributed by atoms with van der Waals surface area (Å²) in [6.07, 6.45) is 2.32. The van der Waals surface area contributed by atoms with Gasteiger partial charge in [0.15, 0.2) is 5.69 Å². The van der Waals surface area contributed by atoms with E-state index in [0.717, 1.165) is 44.7 Å². The molecule has 0 radical (unpaired) electrons. The summed E-state index contributed by atoms with van der Waals surface area (Å²) < 4.78 is 0. The lowest BCUT2D eigenvalue weighted by atomic mass is 9.94. The Morgan fingerprint density at radius 3 is 2.29 bits per heavy atom. The van der Waals surface area contributed by atoms with Crippen LogP contribution in [0.1, 0.15) is 41.7 Å². The molecular weight excluding hydrogens is 486 g/mol. The number of nitrogens with two attached hydrogens (primary N) is 1. The average molecular weight is 518 g/mol. The number of piperidine rings is 1. The lowest BCUT2D eigenvalue weighted by molar-refractivity contribution is -0.137. The zero-order valence-corrected chi connectivity index (χ0v) is 21.1. The SMILES string of the molecule is N#CCC1CCN(c2nc(C#N)c(C(N)=O)c(Nc3ccc(N4CCN(CCC(=O)O)CC4)cc3)n2)CC1. The molecule has 198 valence electrons. The van der Waals surface area contributed by atoms with Gasteiger partial charge in [-0.25, -0.2) is 4.98 Å². The van der Waals surface area contributed by atoms with E-state index in [1.807, 2.05) is 35.2 Å². The molecule has 4 N–H and O–H groups in total. The van der Waals surface area contributed by atoms with Crippen molar-refractivity contribution < 1.29 is 14.7 Å². The van der Waals surface area contributed by atoms with Crippen LogP contribution in [0.15, 0.2) is 24.3 Å². The van der Waals surface area contributed by atoms with Gasteiger partial charge in [-0.2, -0.15) is 15.5 Å². The minimum absolute atomic E-state index is 0.0582. The van der Waals surface area contributed by atoms with Gasteiger partial charge in [0.05, 0.1) is 12.5 Å². The molecule has 0 atom stereocenters. The van der Waals surface area contributed by atoms with Crippen LogP contribution in [0.4, 0.5) is 23.1 Å². The first-order valence-electron chi connectivity index (χ1n) is 12.7. The van der Waals surface area contributed by atoms with Crippen LogP contribution in [0.3, 0.4) is 0 Å². The van der Waals surface area contributed by atoms with E-state index in [2.05, 4.69) is 31.2 Å². The van der Waals surface area contributed by atoms with Gasteiger partial charge >= 0.3 is 5.97 Å². The summed E-state index contributed by atoms with van der Waals surface area (Å²) in [6, 6.07) is 11.9. The van der Waals surface area contributed by atoms with Crippen molar-refractivity contribution in [3.05, 3.63) is 35.5 Å². The minimum Gasteiger partial charge on any atom is -0.481 e. The summed E-state index contributed by atoms with van der Waals surface area (Å²) in [5.41, 5.74) is 7.17. The minimum atomic E-state index is -0.791. The molecule has 0 saturated carbocycles. The lowest BCUT2D eigenvalue weighted by Gasteiger charge is -2.36. The van der Waals surface area contributed by atoms with E-state index in [1.165, 1.54) is 0 Å². The van der Waals surface area contributed by atoms with E-state index < -0.39 is 11.9 Å². The van der Waals surface area contributed by atoms with Crippen LogP contribution in [0.2, 0.25) is 0 Å². The van der Waals surface area contributed by atoms with Crippen LogP contribution in [0.5, 0.6) is 0 Å². The van der Waals surface area contributed by atoms with Crippen LogP contribution >= 0.6 is 0 Å². The molecule has 3 heterocycles. The van der Waals surface area contributed by atoms with Crippen LogP contribution in [0.25, 0.3) is 0 Å². The maximum absolute atomic E-state index is 12.2. The van der Waals surface area contributed by atoms with E-state index in [0.29, 0.717) is 43.6 Å². The third-order valence-corrected chi connectivity index (χ3v) is 7.04. The van der Waals surface area contributed by atoms with Gasteiger partial charge in [0, 0.05) is 63.6 Å². The number of aliphatic carboxylic acids is 1. The Bertz CT molecular complexity index is 1240. The molecule has 1 aromatic heterocycles. The molecule has 2 aliphatic heterocycles. The van der Waals surface area contributed by atoms with Gasteiger partial charge in [0.25, 0.3) is 5.91 Å². The number of carboxylic acids is 1. The van der Waals surface area contributed by atoms with Crippen molar-refractivity contribution in [1.29, 1.82) is 10.5 Å². The number of carboxylic acid groups (broad SMARTS) is 1. The van der Waals surface area contributed by atoms with Gasteiger partial charge in [-0.3, -0.25) is 14.5 Å². The van der Waals surface area contributed by atoms with Gasteiger partial charge in [0.2, 0.25) is 5.95 Å². The monoisotopic (exact) mass is 517 g/mol. The van der Waals surface area contributed by atoms with Crippen LogP contribution < -0.4 is 20.9 Å². The van der Waals surface area contributed by atoms with Crippen molar-refractivity contribution in [2.75, 3.05) is 60.9 Å². The number of carbonyl (C=O) groups excluding carboxylic acids is 1. The average Bonchev–Trinajstić information content (AvgIpc) is 2.92. The molecule has 1 amide bonds. The smallest absolute Gasteiger partial charge is 0.304 e. The Morgan fingerprint density at radius 2 is 1.71 bits per heavy atom. The highest BCUT2D eigenvalue weighted by molar-refractivity contribution is 6.00. The summed E-state index contributed by atoms with van der Waals surface area (Å²) >= 11 is 0. The number of amides is 1. The Labute approximate surface area is 221 Å². The summed E-state index contributed by atoms with van der Waals surface area (Å²) in [7, 11) is 0. The molecule has 2 aromatic rings. The van der Waals surface area contributed by atoms with E-state index in [1.54, 1.807) is 0 Å². The first kappa shape index (κ1) is 26.6. The van der Waals surface area contributed by atoms with E-state index in [-0.39, 0.29) is 23.5 Å². The van der Waals surface area contributed by atoms with Gasteiger partial charge in [-0.1, -0.05) is 0 Å². The van der Waals surface area contributed by atoms with E-state index >= 15 is 0 Å². The number of piperazine rings is 1. The Balaban J connectivity index is 1.47. The molecule has 2 aliphatic rings. The molecule has 0 unspecified atom stereocenters. The van der Waals surface area contributed by atoms with Gasteiger partial charge < -0.3 is 26.0 Å². The number of rotatable bonds is 9. The fraction of sp³-hybridized carbons (Fsp3) is 0.462. The van der Waals surface area contributed by atoms with Crippen LogP contribution in [0, 0.1) is 28.6 Å². The summed E-state index contributed by atoms with van der Waals surface area (Å²) in [5.74, 6) is -0.714. The first-order valence-corrected chi connectivity index (χ1v) is 12.7. The second-order valence-electron chi connectivity index (χ2n) is 9.51. The molecular formula is C26H31N9O3. The third-order valence-electron chi connectivity index (χ3n) is 7.04. The van der Waals surface area contributed by atoms with Crippen molar-refractivity contribution in [2.24, 2.45) is 11.7 Å². The maximum atomic E-state index is 12.2. The van der Waals surface area contributed by atoms with Crippen molar-refractivity contribution in [2.45, 2.75) is 25.7 Å². The van der Waals surface area contributed by atoms with Gasteiger partial charge in [-0.05, 0) is 43.0 Å². The fourth-order valence-electron chi connectivity index (χ4n) is 4.84. The number of nitrogens with one attached hydrogen (secondary N) is 1. The second-order valence-corrected chi connectivity index (χ2v) is 9.51. The molecule has 38 heavy (non-hydrogen) atoms. The van der Waals surface area contributed by atoms with Crippen molar-refractivity contribution in [3.63, 3.8) is 0 Å². The molecule has 2 fully saturated rings. The molecule has 12 nitrogen and oxygen atoms in total. The number of benzene rings is 1.